The van der Waals surface area contributed by atoms with Crippen molar-refractivity contribution >= 4 is 0 Å². The SMILES string of the molecule is C1CNC2CN(CC3CCOCC3)CC2C1. The number of likely N-dealkylation sites (tertiary alicyclic amines) is 1. The first-order valence-electron chi connectivity index (χ1n) is 6.95. The van der Waals surface area contributed by atoms with Crippen LogP contribution in [0.3, 0.4) is 0 Å². The molecule has 3 aliphatic rings. The molecule has 1 N–H and O–H groups in total. The highest BCUT2D eigenvalue weighted by atomic mass is 16.5. The lowest BCUT2D eigenvalue weighted by Crippen LogP contribution is -2.41. The summed E-state index contributed by atoms with van der Waals surface area (Å²) in [5.74, 6) is 1.84. The van der Waals surface area contributed by atoms with Gasteiger partial charge in [-0.1, -0.05) is 0 Å². The van der Waals surface area contributed by atoms with Crippen LogP contribution in [0.15, 0.2) is 0 Å². The third kappa shape index (κ3) is 2.41. The van der Waals surface area contributed by atoms with Gasteiger partial charge in [0.15, 0.2) is 0 Å². The third-order valence-corrected chi connectivity index (χ3v) is 4.53. The van der Waals surface area contributed by atoms with Crippen molar-refractivity contribution in [3.05, 3.63) is 0 Å². The van der Waals surface area contributed by atoms with E-state index in [9.17, 15) is 0 Å². The van der Waals surface area contributed by atoms with E-state index in [1.54, 1.807) is 0 Å². The van der Waals surface area contributed by atoms with Gasteiger partial charge >= 0.3 is 0 Å². The first-order chi connectivity index (χ1) is 7.92. The summed E-state index contributed by atoms with van der Waals surface area (Å²) in [5, 5.41) is 3.68. The summed E-state index contributed by atoms with van der Waals surface area (Å²) in [6.07, 6.45) is 5.38. The van der Waals surface area contributed by atoms with Crippen LogP contribution in [-0.2, 0) is 4.74 Å². The molecule has 3 fully saturated rings. The molecule has 0 bridgehead atoms. The van der Waals surface area contributed by atoms with Crippen molar-refractivity contribution in [3.8, 4) is 0 Å². The molecule has 3 nitrogen and oxygen atoms in total. The Morgan fingerprint density at radius 2 is 2.00 bits per heavy atom. The molecule has 3 heterocycles. The maximum Gasteiger partial charge on any atom is 0.0469 e. The number of hydrogen-bond donors (Lipinski definition) is 1. The molecule has 0 saturated carbocycles. The topological polar surface area (TPSA) is 24.5 Å². The van der Waals surface area contributed by atoms with Crippen LogP contribution in [0.2, 0.25) is 0 Å². The van der Waals surface area contributed by atoms with E-state index < -0.39 is 0 Å². The summed E-state index contributed by atoms with van der Waals surface area (Å²) in [4.78, 5) is 2.70. The highest BCUT2D eigenvalue weighted by molar-refractivity contribution is 4.92. The Balaban J connectivity index is 1.49. The summed E-state index contributed by atoms with van der Waals surface area (Å²) in [6, 6.07) is 0.800. The molecule has 0 spiro atoms. The third-order valence-electron chi connectivity index (χ3n) is 4.53. The molecule has 0 aliphatic carbocycles. The maximum atomic E-state index is 5.43. The quantitative estimate of drug-likeness (QED) is 0.760. The summed E-state index contributed by atoms with van der Waals surface area (Å²) >= 11 is 0. The van der Waals surface area contributed by atoms with E-state index in [2.05, 4.69) is 10.2 Å². The molecule has 3 rings (SSSR count). The molecular weight excluding hydrogens is 200 g/mol. The van der Waals surface area contributed by atoms with E-state index in [0.717, 1.165) is 31.1 Å². The highest BCUT2D eigenvalue weighted by Crippen LogP contribution is 2.26. The minimum atomic E-state index is 0.800. The molecule has 92 valence electrons. The number of nitrogens with one attached hydrogen (secondary N) is 1. The van der Waals surface area contributed by atoms with E-state index in [1.165, 1.54) is 51.9 Å². The maximum absolute atomic E-state index is 5.43. The molecule has 3 aliphatic heterocycles. The van der Waals surface area contributed by atoms with E-state index in [0.29, 0.717) is 0 Å². The van der Waals surface area contributed by atoms with Crippen LogP contribution in [0.1, 0.15) is 25.7 Å². The summed E-state index contributed by atoms with van der Waals surface area (Å²) in [5.41, 5.74) is 0. The van der Waals surface area contributed by atoms with Crippen molar-refractivity contribution in [2.75, 3.05) is 39.4 Å². The van der Waals surface area contributed by atoms with Crippen LogP contribution >= 0.6 is 0 Å². The minimum Gasteiger partial charge on any atom is -0.381 e. The Labute approximate surface area is 98.5 Å². The standard InChI is InChI=1S/C13H24N2O/c1-2-12-9-15(10-13(12)14-5-1)8-11-3-6-16-7-4-11/h11-14H,1-10H2. The summed E-state index contributed by atoms with van der Waals surface area (Å²) in [7, 11) is 0. The van der Waals surface area contributed by atoms with Gasteiger partial charge in [-0.2, -0.15) is 0 Å². The summed E-state index contributed by atoms with van der Waals surface area (Å²) < 4.78 is 5.43. The molecule has 0 aromatic carbocycles. The molecule has 0 aromatic heterocycles. The lowest BCUT2D eigenvalue weighted by molar-refractivity contribution is 0.0550. The smallest absolute Gasteiger partial charge is 0.0469 e. The lowest BCUT2D eigenvalue weighted by Gasteiger charge is -2.26. The Bertz CT molecular complexity index is 214. The van der Waals surface area contributed by atoms with E-state index >= 15 is 0 Å². The molecule has 3 saturated heterocycles. The van der Waals surface area contributed by atoms with Crippen LogP contribution in [0.25, 0.3) is 0 Å². The van der Waals surface area contributed by atoms with Gasteiger partial charge in [0, 0.05) is 38.9 Å². The molecule has 3 heteroatoms. The number of hydrogen-bond acceptors (Lipinski definition) is 3. The fraction of sp³-hybridized carbons (Fsp3) is 1.00. The lowest BCUT2D eigenvalue weighted by atomic mass is 9.94. The van der Waals surface area contributed by atoms with Gasteiger partial charge in [0.25, 0.3) is 0 Å². The predicted molar refractivity (Wildman–Crippen MR) is 64.5 cm³/mol. The Morgan fingerprint density at radius 3 is 2.81 bits per heavy atom. The molecule has 0 amide bonds. The molecule has 2 atom stereocenters. The van der Waals surface area contributed by atoms with Crippen molar-refractivity contribution < 1.29 is 4.74 Å². The monoisotopic (exact) mass is 224 g/mol. The van der Waals surface area contributed by atoms with Gasteiger partial charge in [-0.3, -0.25) is 0 Å². The molecule has 0 aromatic rings. The van der Waals surface area contributed by atoms with Gasteiger partial charge in [0.05, 0.1) is 0 Å². The van der Waals surface area contributed by atoms with Crippen molar-refractivity contribution in [2.45, 2.75) is 31.7 Å². The van der Waals surface area contributed by atoms with Crippen molar-refractivity contribution in [1.29, 1.82) is 0 Å². The van der Waals surface area contributed by atoms with E-state index in [-0.39, 0.29) is 0 Å². The molecule has 2 unspecified atom stereocenters. The van der Waals surface area contributed by atoms with Crippen LogP contribution in [0.5, 0.6) is 0 Å². The first kappa shape index (κ1) is 11.0. The van der Waals surface area contributed by atoms with Crippen molar-refractivity contribution in [2.24, 2.45) is 11.8 Å². The van der Waals surface area contributed by atoms with Gasteiger partial charge in [0.1, 0.15) is 0 Å². The predicted octanol–water partition coefficient (Wildman–Crippen LogP) is 1.10. The zero-order chi connectivity index (χ0) is 10.8. The van der Waals surface area contributed by atoms with E-state index in [4.69, 9.17) is 4.74 Å². The molecule has 0 radical (unpaired) electrons. The first-order valence-corrected chi connectivity index (χ1v) is 6.95. The van der Waals surface area contributed by atoms with Crippen LogP contribution in [-0.4, -0.2) is 50.3 Å². The van der Waals surface area contributed by atoms with Crippen LogP contribution in [0, 0.1) is 11.8 Å². The fourth-order valence-electron chi connectivity index (χ4n) is 3.58. The van der Waals surface area contributed by atoms with Gasteiger partial charge < -0.3 is 15.0 Å². The largest absolute Gasteiger partial charge is 0.381 e. The number of ether oxygens (including phenoxy) is 1. The van der Waals surface area contributed by atoms with Gasteiger partial charge in [-0.05, 0) is 44.1 Å². The van der Waals surface area contributed by atoms with Gasteiger partial charge in [-0.25, -0.2) is 0 Å². The zero-order valence-corrected chi connectivity index (χ0v) is 10.2. The number of fused-ring (bicyclic) bond motifs is 1. The average Bonchev–Trinajstić information content (AvgIpc) is 2.72. The average molecular weight is 224 g/mol. The Kier molecular flexibility index (Phi) is 3.46. The number of nitrogens with zero attached hydrogens (tertiary/aromatic N) is 1. The van der Waals surface area contributed by atoms with Gasteiger partial charge in [0.2, 0.25) is 0 Å². The highest BCUT2D eigenvalue weighted by Gasteiger charge is 2.34. The van der Waals surface area contributed by atoms with E-state index in [1.807, 2.05) is 0 Å². The Hall–Kier alpha value is -0.120. The molecular formula is C13H24N2O. The molecule has 16 heavy (non-hydrogen) atoms. The number of rotatable bonds is 2. The zero-order valence-electron chi connectivity index (χ0n) is 10.2. The Morgan fingerprint density at radius 1 is 1.12 bits per heavy atom. The summed E-state index contributed by atoms with van der Waals surface area (Å²) in [6.45, 7) is 7.18. The van der Waals surface area contributed by atoms with Crippen LogP contribution < -0.4 is 5.32 Å². The van der Waals surface area contributed by atoms with Crippen LogP contribution in [0.4, 0.5) is 0 Å². The number of piperidine rings is 1. The van der Waals surface area contributed by atoms with Crippen molar-refractivity contribution in [3.63, 3.8) is 0 Å². The van der Waals surface area contributed by atoms with Crippen molar-refractivity contribution in [1.82, 2.24) is 10.2 Å². The fourth-order valence-corrected chi connectivity index (χ4v) is 3.58. The van der Waals surface area contributed by atoms with Gasteiger partial charge in [-0.15, -0.1) is 0 Å². The second-order valence-electron chi connectivity index (χ2n) is 5.74. The second kappa shape index (κ2) is 5.03. The normalized spacial score (nSPS) is 37.5. The second-order valence-corrected chi connectivity index (χ2v) is 5.74. The minimum absolute atomic E-state index is 0.800.